The van der Waals surface area contributed by atoms with Crippen LogP contribution in [-0.2, 0) is 13.2 Å². The van der Waals surface area contributed by atoms with Crippen LogP contribution in [0.1, 0.15) is 11.1 Å². The first-order valence-corrected chi connectivity index (χ1v) is 6.67. The standard InChI is InChI=1S/C15H15BrO3/c1-18-13-4-2-3-12(7-13)10-19-15-6-5-11(9-17)8-14(15)16/h2-8,17H,9-10H2,1H3. The summed E-state index contributed by atoms with van der Waals surface area (Å²) in [6, 6.07) is 13.3. The van der Waals surface area contributed by atoms with Gasteiger partial charge in [0.15, 0.2) is 0 Å². The molecular formula is C15H15BrO3. The maximum absolute atomic E-state index is 9.04. The van der Waals surface area contributed by atoms with Crippen molar-refractivity contribution < 1.29 is 14.6 Å². The van der Waals surface area contributed by atoms with Gasteiger partial charge in [0.1, 0.15) is 18.1 Å². The van der Waals surface area contributed by atoms with Crippen molar-refractivity contribution in [3.8, 4) is 11.5 Å². The van der Waals surface area contributed by atoms with Gasteiger partial charge >= 0.3 is 0 Å². The summed E-state index contributed by atoms with van der Waals surface area (Å²) in [5, 5.41) is 9.04. The van der Waals surface area contributed by atoms with Crippen LogP contribution >= 0.6 is 15.9 Å². The van der Waals surface area contributed by atoms with Crippen molar-refractivity contribution in [1.82, 2.24) is 0 Å². The molecule has 2 rings (SSSR count). The van der Waals surface area contributed by atoms with Gasteiger partial charge in [-0.2, -0.15) is 0 Å². The number of rotatable bonds is 5. The Kier molecular flexibility index (Phi) is 4.82. The fraction of sp³-hybridized carbons (Fsp3) is 0.200. The molecule has 0 radical (unpaired) electrons. The van der Waals surface area contributed by atoms with Gasteiger partial charge in [0.2, 0.25) is 0 Å². The quantitative estimate of drug-likeness (QED) is 0.915. The maximum Gasteiger partial charge on any atom is 0.134 e. The number of hydrogen-bond donors (Lipinski definition) is 1. The third-order valence-electron chi connectivity index (χ3n) is 2.71. The lowest BCUT2D eigenvalue weighted by Crippen LogP contribution is -1.97. The van der Waals surface area contributed by atoms with Gasteiger partial charge in [0.25, 0.3) is 0 Å². The second kappa shape index (κ2) is 6.59. The van der Waals surface area contributed by atoms with Gasteiger partial charge in [-0.05, 0) is 51.3 Å². The van der Waals surface area contributed by atoms with Crippen molar-refractivity contribution in [2.45, 2.75) is 13.2 Å². The van der Waals surface area contributed by atoms with E-state index in [1.54, 1.807) is 7.11 Å². The lowest BCUT2D eigenvalue weighted by atomic mass is 10.2. The molecule has 0 saturated heterocycles. The van der Waals surface area contributed by atoms with Crippen LogP contribution in [0.2, 0.25) is 0 Å². The highest BCUT2D eigenvalue weighted by Gasteiger charge is 2.03. The van der Waals surface area contributed by atoms with Gasteiger partial charge in [-0.15, -0.1) is 0 Å². The van der Waals surface area contributed by atoms with Gasteiger partial charge < -0.3 is 14.6 Å². The van der Waals surface area contributed by atoms with E-state index < -0.39 is 0 Å². The summed E-state index contributed by atoms with van der Waals surface area (Å²) in [6.07, 6.45) is 0. The number of hydrogen-bond acceptors (Lipinski definition) is 3. The Labute approximate surface area is 120 Å². The highest BCUT2D eigenvalue weighted by Crippen LogP contribution is 2.27. The summed E-state index contributed by atoms with van der Waals surface area (Å²) >= 11 is 3.43. The molecule has 0 amide bonds. The average Bonchev–Trinajstić information content (AvgIpc) is 2.46. The second-order valence-electron chi connectivity index (χ2n) is 4.06. The molecule has 0 bridgehead atoms. The minimum Gasteiger partial charge on any atom is -0.497 e. The van der Waals surface area contributed by atoms with E-state index in [1.165, 1.54) is 0 Å². The first kappa shape index (κ1) is 13.9. The minimum atomic E-state index is 0.0226. The average molecular weight is 323 g/mol. The molecule has 3 nitrogen and oxygen atoms in total. The molecule has 0 aromatic heterocycles. The number of benzene rings is 2. The second-order valence-corrected chi connectivity index (χ2v) is 4.92. The fourth-order valence-electron chi connectivity index (χ4n) is 1.68. The summed E-state index contributed by atoms with van der Waals surface area (Å²) in [6.45, 7) is 0.489. The first-order chi connectivity index (χ1) is 9.22. The molecule has 19 heavy (non-hydrogen) atoms. The Morgan fingerprint density at radius 1 is 1.11 bits per heavy atom. The molecule has 2 aromatic carbocycles. The molecule has 1 N–H and O–H groups in total. The molecule has 0 unspecified atom stereocenters. The van der Waals surface area contributed by atoms with E-state index >= 15 is 0 Å². The summed E-state index contributed by atoms with van der Waals surface area (Å²) in [5.41, 5.74) is 1.89. The molecule has 0 saturated carbocycles. The van der Waals surface area contributed by atoms with Gasteiger partial charge in [0, 0.05) is 0 Å². The SMILES string of the molecule is COc1cccc(COc2ccc(CO)cc2Br)c1. The minimum absolute atomic E-state index is 0.0226. The van der Waals surface area contributed by atoms with E-state index in [1.807, 2.05) is 42.5 Å². The maximum atomic E-state index is 9.04. The van der Waals surface area contributed by atoms with Crippen LogP contribution in [0.15, 0.2) is 46.9 Å². The van der Waals surface area contributed by atoms with Crippen molar-refractivity contribution >= 4 is 15.9 Å². The normalized spacial score (nSPS) is 10.3. The molecule has 0 fully saturated rings. The number of ether oxygens (including phenoxy) is 2. The molecule has 0 spiro atoms. The summed E-state index contributed by atoms with van der Waals surface area (Å²) in [5.74, 6) is 1.57. The summed E-state index contributed by atoms with van der Waals surface area (Å²) < 4.78 is 11.7. The van der Waals surface area contributed by atoms with Crippen LogP contribution in [0.25, 0.3) is 0 Å². The van der Waals surface area contributed by atoms with Gasteiger partial charge in [-0.3, -0.25) is 0 Å². The Hall–Kier alpha value is -1.52. The Morgan fingerprint density at radius 2 is 1.95 bits per heavy atom. The third-order valence-corrected chi connectivity index (χ3v) is 3.33. The number of aliphatic hydroxyl groups is 1. The fourth-order valence-corrected chi connectivity index (χ4v) is 2.22. The summed E-state index contributed by atoms with van der Waals surface area (Å²) in [7, 11) is 1.64. The van der Waals surface area contributed by atoms with Crippen molar-refractivity contribution in [2.24, 2.45) is 0 Å². The van der Waals surface area contributed by atoms with Gasteiger partial charge in [-0.1, -0.05) is 18.2 Å². The van der Waals surface area contributed by atoms with Gasteiger partial charge in [-0.25, -0.2) is 0 Å². The molecule has 2 aromatic rings. The third kappa shape index (κ3) is 3.72. The molecule has 0 aliphatic carbocycles. The van der Waals surface area contributed by atoms with E-state index in [0.29, 0.717) is 6.61 Å². The zero-order valence-corrected chi connectivity index (χ0v) is 12.2. The highest BCUT2D eigenvalue weighted by molar-refractivity contribution is 9.10. The molecule has 0 aliphatic heterocycles. The summed E-state index contributed by atoms with van der Waals surface area (Å²) in [4.78, 5) is 0. The van der Waals surface area contributed by atoms with Crippen LogP contribution in [0.4, 0.5) is 0 Å². The van der Waals surface area contributed by atoms with Crippen molar-refractivity contribution in [2.75, 3.05) is 7.11 Å². The Balaban J connectivity index is 2.05. The van der Waals surface area contributed by atoms with E-state index in [0.717, 1.165) is 27.1 Å². The smallest absolute Gasteiger partial charge is 0.134 e. The lowest BCUT2D eigenvalue weighted by molar-refractivity contribution is 0.280. The van der Waals surface area contributed by atoms with Crippen molar-refractivity contribution in [3.63, 3.8) is 0 Å². The van der Waals surface area contributed by atoms with Crippen molar-refractivity contribution in [3.05, 3.63) is 58.1 Å². The van der Waals surface area contributed by atoms with Crippen LogP contribution < -0.4 is 9.47 Å². The molecule has 4 heteroatoms. The number of methoxy groups -OCH3 is 1. The highest BCUT2D eigenvalue weighted by atomic mass is 79.9. The van der Waals surface area contributed by atoms with Gasteiger partial charge in [0.05, 0.1) is 18.2 Å². The molecular weight excluding hydrogens is 308 g/mol. The van der Waals surface area contributed by atoms with E-state index in [-0.39, 0.29) is 6.61 Å². The van der Waals surface area contributed by atoms with Crippen LogP contribution in [-0.4, -0.2) is 12.2 Å². The zero-order chi connectivity index (χ0) is 13.7. The largest absolute Gasteiger partial charge is 0.497 e. The monoisotopic (exact) mass is 322 g/mol. The number of halogens is 1. The Bertz CT molecular complexity index is 555. The van der Waals surface area contributed by atoms with Crippen LogP contribution in [0, 0.1) is 0 Å². The number of aliphatic hydroxyl groups excluding tert-OH is 1. The molecule has 0 aliphatic rings. The van der Waals surface area contributed by atoms with Crippen LogP contribution in [0.5, 0.6) is 11.5 Å². The predicted molar refractivity (Wildman–Crippen MR) is 77.4 cm³/mol. The molecule has 0 atom stereocenters. The van der Waals surface area contributed by atoms with Crippen LogP contribution in [0.3, 0.4) is 0 Å². The van der Waals surface area contributed by atoms with E-state index in [9.17, 15) is 0 Å². The Morgan fingerprint density at radius 3 is 2.63 bits per heavy atom. The molecule has 0 heterocycles. The van der Waals surface area contributed by atoms with E-state index in [2.05, 4.69) is 15.9 Å². The topological polar surface area (TPSA) is 38.7 Å². The first-order valence-electron chi connectivity index (χ1n) is 5.88. The van der Waals surface area contributed by atoms with Crippen molar-refractivity contribution in [1.29, 1.82) is 0 Å². The zero-order valence-electron chi connectivity index (χ0n) is 10.6. The predicted octanol–water partition coefficient (Wildman–Crippen LogP) is 3.53. The van der Waals surface area contributed by atoms with E-state index in [4.69, 9.17) is 14.6 Å². The molecule has 100 valence electrons. The lowest BCUT2D eigenvalue weighted by Gasteiger charge is -2.10.